The first-order chi connectivity index (χ1) is 25.1. The lowest BCUT2D eigenvalue weighted by molar-refractivity contribution is -0.870. The molecule has 308 valence electrons. The zero-order valence-electron chi connectivity index (χ0n) is 34.8. The molecule has 0 rings (SSSR count). The van der Waals surface area contributed by atoms with Crippen molar-refractivity contribution in [3.05, 3.63) is 24.3 Å². The van der Waals surface area contributed by atoms with Gasteiger partial charge in [-0.25, -0.2) is 0 Å². The summed E-state index contributed by atoms with van der Waals surface area (Å²) in [6, 6.07) is 0. The smallest absolute Gasteiger partial charge is 0.306 e. The molecule has 0 aromatic carbocycles. The van der Waals surface area contributed by atoms with Crippen molar-refractivity contribution in [2.24, 2.45) is 0 Å². The van der Waals surface area contributed by atoms with Crippen LogP contribution < -0.4 is 4.89 Å². The number of hydrogen-bond acceptors (Lipinski definition) is 7. The summed E-state index contributed by atoms with van der Waals surface area (Å²) in [7, 11) is 1.35. The monoisotopic (exact) mass is 758 g/mol. The van der Waals surface area contributed by atoms with Gasteiger partial charge in [0, 0.05) is 13.0 Å². The van der Waals surface area contributed by atoms with Crippen molar-refractivity contribution >= 4 is 13.8 Å². The van der Waals surface area contributed by atoms with Crippen molar-refractivity contribution in [2.75, 3.05) is 54.1 Å². The van der Waals surface area contributed by atoms with Gasteiger partial charge in [0.05, 0.1) is 34.4 Å². The molecule has 2 unspecified atom stereocenters. The molecule has 0 fully saturated rings. The highest BCUT2D eigenvalue weighted by Crippen LogP contribution is 2.38. The van der Waals surface area contributed by atoms with Crippen LogP contribution in [0.15, 0.2) is 24.3 Å². The van der Waals surface area contributed by atoms with Gasteiger partial charge in [-0.05, 0) is 57.8 Å². The summed E-state index contributed by atoms with van der Waals surface area (Å²) in [6.07, 6.45) is 40.4. The molecule has 0 N–H and O–H groups in total. The predicted octanol–water partition coefficient (Wildman–Crippen LogP) is 11.8. The molecular formula is C43H84NO7P. The van der Waals surface area contributed by atoms with E-state index in [-0.39, 0.29) is 25.8 Å². The number of quaternary nitrogens is 1. The molecule has 0 saturated heterocycles. The lowest BCUT2D eigenvalue weighted by Gasteiger charge is -2.28. The largest absolute Gasteiger partial charge is 0.756 e. The van der Waals surface area contributed by atoms with E-state index in [1.54, 1.807) is 0 Å². The molecule has 0 radical (unpaired) electrons. The van der Waals surface area contributed by atoms with E-state index in [9.17, 15) is 14.3 Å². The summed E-state index contributed by atoms with van der Waals surface area (Å²) in [5.74, 6) is -0.338. The van der Waals surface area contributed by atoms with Crippen molar-refractivity contribution in [3.8, 4) is 0 Å². The molecule has 0 aromatic heterocycles. The molecule has 9 heteroatoms. The van der Waals surface area contributed by atoms with Crippen LogP contribution in [0.25, 0.3) is 0 Å². The molecule has 0 saturated carbocycles. The number of unbranched alkanes of at least 4 members (excludes halogenated alkanes) is 22. The minimum Gasteiger partial charge on any atom is -0.756 e. The third kappa shape index (κ3) is 40.2. The van der Waals surface area contributed by atoms with Gasteiger partial charge in [0.25, 0.3) is 7.82 Å². The molecular weight excluding hydrogens is 673 g/mol. The van der Waals surface area contributed by atoms with Gasteiger partial charge < -0.3 is 27.9 Å². The first kappa shape index (κ1) is 51.0. The quantitative estimate of drug-likeness (QED) is 0.0202. The van der Waals surface area contributed by atoms with E-state index in [1.165, 1.54) is 135 Å². The second-order valence-electron chi connectivity index (χ2n) is 15.7. The summed E-state index contributed by atoms with van der Waals surface area (Å²) >= 11 is 0. The Kier molecular flexibility index (Phi) is 36.2. The van der Waals surface area contributed by atoms with Crippen molar-refractivity contribution in [1.29, 1.82) is 0 Å². The minimum atomic E-state index is -4.52. The summed E-state index contributed by atoms with van der Waals surface area (Å²) < 4.78 is 34.5. The Morgan fingerprint density at radius 1 is 0.577 bits per heavy atom. The number of likely N-dealkylation sites (N-methyl/N-ethyl adjacent to an activating group) is 1. The Bertz CT molecular complexity index is 889. The van der Waals surface area contributed by atoms with Crippen molar-refractivity contribution < 1.29 is 37.3 Å². The molecule has 2 atom stereocenters. The molecule has 0 heterocycles. The number of carbonyl (C=O) groups is 1. The minimum absolute atomic E-state index is 0.0256. The fourth-order valence-electron chi connectivity index (χ4n) is 5.84. The van der Waals surface area contributed by atoms with Gasteiger partial charge in [-0.3, -0.25) is 9.36 Å². The Labute approximate surface area is 322 Å². The van der Waals surface area contributed by atoms with E-state index < -0.39 is 13.9 Å². The fourth-order valence-corrected chi connectivity index (χ4v) is 6.57. The second kappa shape index (κ2) is 36.9. The molecule has 0 aliphatic heterocycles. The molecule has 0 spiro atoms. The van der Waals surface area contributed by atoms with Crippen LogP contribution in [0, 0.1) is 0 Å². The Hall–Kier alpha value is -1.02. The van der Waals surface area contributed by atoms with E-state index in [0.29, 0.717) is 24.1 Å². The van der Waals surface area contributed by atoms with Crippen LogP contribution in [0.2, 0.25) is 0 Å². The van der Waals surface area contributed by atoms with Crippen LogP contribution in [-0.4, -0.2) is 70.7 Å². The topological polar surface area (TPSA) is 94.1 Å². The van der Waals surface area contributed by atoms with Crippen molar-refractivity contribution in [2.45, 2.75) is 193 Å². The van der Waals surface area contributed by atoms with Gasteiger partial charge >= 0.3 is 5.97 Å². The summed E-state index contributed by atoms with van der Waals surface area (Å²) in [6.45, 7) is 5.35. The molecule has 52 heavy (non-hydrogen) atoms. The van der Waals surface area contributed by atoms with Crippen LogP contribution in [0.1, 0.15) is 187 Å². The number of esters is 1. The van der Waals surface area contributed by atoms with E-state index in [1.807, 2.05) is 21.1 Å². The molecule has 0 aromatic rings. The van der Waals surface area contributed by atoms with Crippen molar-refractivity contribution in [3.63, 3.8) is 0 Å². The molecule has 0 bridgehead atoms. The van der Waals surface area contributed by atoms with Crippen LogP contribution in [0.5, 0.6) is 0 Å². The number of hydrogen-bond donors (Lipinski definition) is 0. The summed E-state index contributed by atoms with van der Waals surface area (Å²) in [5.41, 5.74) is 0. The van der Waals surface area contributed by atoms with Crippen LogP contribution in [-0.2, 0) is 27.9 Å². The highest BCUT2D eigenvalue weighted by molar-refractivity contribution is 7.45. The van der Waals surface area contributed by atoms with Gasteiger partial charge in [-0.2, -0.15) is 0 Å². The molecule has 0 aliphatic carbocycles. The van der Waals surface area contributed by atoms with E-state index in [4.69, 9.17) is 18.5 Å². The standard InChI is InChI=1S/C43H84NO7P/c1-6-8-10-12-14-16-18-19-20-21-22-23-24-25-26-28-30-32-34-36-43(45)51-42(41-50-52(46,47)49-39-37-44(3,4)5)40-48-38-35-33-31-29-27-17-15-13-11-9-7-2/h11,13,19-20,42H,6-10,12,14-18,21-41H2,1-5H3/b13-11-,20-19-. The molecule has 0 amide bonds. The molecule has 8 nitrogen and oxygen atoms in total. The maximum atomic E-state index is 12.7. The number of carbonyl (C=O) groups excluding carboxylic acids is 1. The average Bonchev–Trinajstić information content (AvgIpc) is 3.09. The van der Waals surface area contributed by atoms with Crippen LogP contribution in [0.4, 0.5) is 0 Å². The maximum absolute atomic E-state index is 12.7. The Balaban J connectivity index is 4.18. The third-order valence-electron chi connectivity index (χ3n) is 9.21. The first-order valence-electron chi connectivity index (χ1n) is 21.6. The summed E-state index contributed by atoms with van der Waals surface area (Å²) in [4.78, 5) is 25.0. The lowest BCUT2D eigenvalue weighted by Crippen LogP contribution is -2.37. The highest BCUT2D eigenvalue weighted by atomic mass is 31.2. The maximum Gasteiger partial charge on any atom is 0.306 e. The summed E-state index contributed by atoms with van der Waals surface area (Å²) in [5, 5.41) is 0. The number of allylic oxidation sites excluding steroid dienone is 4. The number of phosphoric acid groups is 1. The lowest BCUT2D eigenvalue weighted by atomic mass is 10.1. The van der Waals surface area contributed by atoms with Crippen LogP contribution >= 0.6 is 7.82 Å². The average molecular weight is 758 g/mol. The normalized spacial score (nSPS) is 14.0. The SMILES string of the molecule is CCC/C=C\CCCCCCCCOCC(COP(=O)([O-])OCC[N+](C)(C)C)OC(=O)CCCCCCCCCCC/C=C\CCCCCCCC. The van der Waals surface area contributed by atoms with E-state index in [0.717, 1.165) is 32.1 Å². The fraction of sp³-hybridized carbons (Fsp3) is 0.884. The van der Waals surface area contributed by atoms with Gasteiger partial charge in [0.1, 0.15) is 19.3 Å². The second-order valence-corrected chi connectivity index (χ2v) is 17.1. The zero-order chi connectivity index (χ0) is 38.4. The van der Waals surface area contributed by atoms with Crippen molar-refractivity contribution in [1.82, 2.24) is 0 Å². The number of ether oxygens (including phenoxy) is 2. The highest BCUT2D eigenvalue weighted by Gasteiger charge is 2.20. The Morgan fingerprint density at radius 3 is 1.54 bits per heavy atom. The van der Waals surface area contributed by atoms with Gasteiger partial charge in [0.2, 0.25) is 0 Å². The molecule has 0 aliphatic rings. The zero-order valence-corrected chi connectivity index (χ0v) is 35.7. The Morgan fingerprint density at radius 2 is 1.04 bits per heavy atom. The van der Waals surface area contributed by atoms with E-state index in [2.05, 4.69) is 38.2 Å². The van der Waals surface area contributed by atoms with Crippen LogP contribution in [0.3, 0.4) is 0 Å². The predicted molar refractivity (Wildman–Crippen MR) is 217 cm³/mol. The van der Waals surface area contributed by atoms with Gasteiger partial charge in [0.15, 0.2) is 0 Å². The van der Waals surface area contributed by atoms with E-state index >= 15 is 0 Å². The number of rotatable bonds is 40. The first-order valence-corrected chi connectivity index (χ1v) is 23.0. The number of nitrogens with zero attached hydrogens (tertiary/aromatic N) is 1. The van der Waals surface area contributed by atoms with Gasteiger partial charge in [-0.15, -0.1) is 0 Å². The number of phosphoric ester groups is 1. The van der Waals surface area contributed by atoms with Gasteiger partial charge in [-0.1, -0.05) is 147 Å². The third-order valence-corrected chi connectivity index (χ3v) is 10.2.